The van der Waals surface area contributed by atoms with Crippen LogP contribution in [0.5, 0.6) is 0 Å². The van der Waals surface area contributed by atoms with Crippen molar-refractivity contribution < 1.29 is 33.2 Å². The first-order valence-electron chi connectivity index (χ1n) is 13.7. The van der Waals surface area contributed by atoms with E-state index in [0.717, 1.165) is 16.7 Å². The average molecular weight is 665 g/mol. The van der Waals surface area contributed by atoms with E-state index in [0.29, 0.717) is 30.5 Å². The van der Waals surface area contributed by atoms with Gasteiger partial charge < -0.3 is 28.8 Å². The van der Waals surface area contributed by atoms with E-state index in [1.165, 1.54) is 0 Å². The molecule has 1 saturated heterocycles. The average Bonchev–Trinajstić information content (AvgIpc) is 3.00. The Morgan fingerprint density at radius 3 is 1.82 bits per heavy atom. The zero-order valence-corrected chi connectivity index (χ0v) is 24.7. The molecule has 0 saturated carbocycles. The molecule has 8 heteroatoms. The van der Waals surface area contributed by atoms with Gasteiger partial charge >= 0.3 is 0 Å². The molecule has 40 heavy (non-hydrogen) atoms. The van der Waals surface area contributed by atoms with Crippen molar-refractivity contribution >= 4 is 22.6 Å². The Morgan fingerprint density at radius 2 is 1.27 bits per heavy atom. The summed E-state index contributed by atoms with van der Waals surface area (Å²) in [4.78, 5) is 0. The van der Waals surface area contributed by atoms with E-state index >= 15 is 0 Å². The first kappa shape index (κ1) is 31.0. The van der Waals surface area contributed by atoms with Crippen LogP contribution < -0.4 is 0 Å². The molecule has 0 radical (unpaired) electrons. The third-order valence-electron chi connectivity index (χ3n) is 6.69. The van der Waals surface area contributed by atoms with Crippen LogP contribution >= 0.6 is 22.6 Å². The van der Waals surface area contributed by atoms with Crippen molar-refractivity contribution in [2.45, 2.75) is 69.5 Å². The van der Waals surface area contributed by atoms with Gasteiger partial charge in [0.05, 0.1) is 26.4 Å². The molecule has 3 aromatic carbocycles. The second-order valence-corrected chi connectivity index (χ2v) is 10.7. The number of benzene rings is 3. The summed E-state index contributed by atoms with van der Waals surface area (Å²) in [7, 11) is 0. The van der Waals surface area contributed by atoms with Crippen LogP contribution in [0.3, 0.4) is 0 Å². The Balaban J connectivity index is 1.49. The fourth-order valence-electron chi connectivity index (χ4n) is 4.54. The van der Waals surface area contributed by atoms with Gasteiger partial charge in [-0.2, -0.15) is 0 Å². The van der Waals surface area contributed by atoms with E-state index < -0.39 is 36.9 Å². The second kappa shape index (κ2) is 17.1. The molecular formula is C32H38FIO6. The van der Waals surface area contributed by atoms with Crippen molar-refractivity contribution in [2.75, 3.05) is 17.6 Å². The van der Waals surface area contributed by atoms with Crippen LogP contribution in [0.15, 0.2) is 91.0 Å². The number of alkyl halides is 2. The first-order valence-corrected chi connectivity index (χ1v) is 15.2. The van der Waals surface area contributed by atoms with Crippen molar-refractivity contribution in [3.8, 4) is 0 Å². The van der Waals surface area contributed by atoms with Gasteiger partial charge in [-0.1, -0.05) is 114 Å². The summed E-state index contributed by atoms with van der Waals surface area (Å²) >= 11 is 2.04. The van der Waals surface area contributed by atoms with Gasteiger partial charge in [-0.3, -0.25) is 0 Å². The molecule has 1 aliphatic heterocycles. The van der Waals surface area contributed by atoms with Crippen LogP contribution in [-0.2, 0) is 43.5 Å². The van der Waals surface area contributed by atoms with Gasteiger partial charge in [-0.25, -0.2) is 4.39 Å². The van der Waals surface area contributed by atoms with Gasteiger partial charge in [0.15, 0.2) is 6.29 Å². The third-order valence-corrected chi connectivity index (χ3v) is 7.65. The van der Waals surface area contributed by atoms with Crippen molar-refractivity contribution in [3.05, 3.63) is 108 Å². The summed E-state index contributed by atoms with van der Waals surface area (Å²) in [5.41, 5.74) is 3.02. The minimum absolute atomic E-state index is 0.216. The van der Waals surface area contributed by atoms with E-state index in [4.69, 9.17) is 23.7 Å². The van der Waals surface area contributed by atoms with Crippen LogP contribution in [0, 0.1) is 0 Å². The predicted molar refractivity (Wildman–Crippen MR) is 160 cm³/mol. The van der Waals surface area contributed by atoms with Crippen LogP contribution in [-0.4, -0.2) is 59.6 Å². The van der Waals surface area contributed by atoms with Gasteiger partial charge in [0.1, 0.15) is 30.6 Å². The quantitative estimate of drug-likeness (QED) is 0.115. The fourth-order valence-corrected chi connectivity index (χ4v) is 4.98. The Bertz CT molecular complexity index is 1080. The highest BCUT2D eigenvalue weighted by Crippen LogP contribution is 2.29. The van der Waals surface area contributed by atoms with Crippen molar-refractivity contribution in [1.82, 2.24) is 0 Å². The monoisotopic (exact) mass is 664 g/mol. The molecule has 216 valence electrons. The summed E-state index contributed by atoms with van der Waals surface area (Å²) in [5, 5.41) is 11.4. The van der Waals surface area contributed by atoms with Gasteiger partial charge in [-0.05, 0) is 29.5 Å². The first-order chi connectivity index (χ1) is 19.6. The maximum absolute atomic E-state index is 13.7. The topological polar surface area (TPSA) is 66.4 Å². The molecule has 1 heterocycles. The van der Waals surface area contributed by atoms with Crippen LogP contribution in [0.25, 0.3) is 0 Å². The number of aliphatic hydroxyl groups excluding tert-OH is 1. The Morgan fingerprint density at radius 1 is 0.750 bits per heavy atom. The Kier molecular flexibility index (Phi) is 13.3. The maximum Gasteiger partial charge on any atom is 0.186 e. The minimum Gasteiger partial charge on any atom is -0.385 e. The highest BCUT2D eigenvalue weighted by Gasteiger charge is 2.47. The lowest BCUT2D eigenvalue weighted by Gasteiger charge is -2.44. The zero-order chi connectivity index (χ0) is 28.0. The molecule has 0 amide bonds. The summed E-state index contributed by atoms with van der Waals surface area (Å²) < 4.78 is 45.1. The number of halogens is 2. The zero-order valence-electron chi connectivity index (χ0n) is 22.5. The smallest absolute Gasteiger partial charge is 0.186 e. The third kappa shape index (κ3) is 9.87. The van der Waals surface area contributed by atoms with Crippen molar-refractivity contribution in [1.29, 1.82) is 0 Å². The minimum atomic E-state index is -1.11. The molecule has 3 aromatic rings. The van der Waals surface area contributed by atoms with Crippen LogP contribution in [0.4, 0.5) is 4.39 Å². The predicted octanol–water partition coefficient (Wildman–Crippen LogP) is 6.03. The molecule has 1 aliphatic rings. The molecule has 1 unspecified atom stereocenters. The summed E-state index contributed by atoms with van der Waals surface area (Å²) in [6.45, 7) is 1.49. The fraction of sp³-hybridized carbons (Fsp3) is 0.438. The lowest BCUT2D eigenvalue weighted by Crippen LogP contribution is -2.61. The molecule has 6 nitrogen and oxygen atoms in total. The molecular weight excluding hydrogens is 626 g/mol. The highest BCUT2D eigenvalue weighted by atomic mass is 127. The highest BCUT2D eigenvalue weighted by molar-refractivity contribution is 14.1. The van der Waals surface area contributed by atoms with Gasteiger partial charge in [0, 0.05) is 11.0 Å². The number of ether oxygens (including phenoxy) is 5. The molecule has 6 atom stereocenters. The van der Waals surface area contributed by atoms with E-state index in [-0.39, 0.29) is 19.8 Å². The Hall–Kier alpha value is -1.92. The molecule has 0 aliphatic carbocycles. The van der Waals surface area contributed by atoms with Crippen molar-refractivity contribution in [2.24, 2.45) is 0 Å². The van der Waals surface area contributed by atoms with Crippen LogP contribution in [0.2, 0.25) is 0 Å². The molecule has 0 aromatic heterocycles. The lowest BCUT2D eigenvalue weighted by atomic mass is 9.98. The van der Waals surface area contributed by atoms with Gasteiger partial charge in [0.25, 0.3) is 0 Å². The summed E-state index contributed by atoms with van der Waals surface area (Å²) in [6.07, 6.45) is -3.95. The largest absolute Gasteiger partial charge is 0.385 e. The van der Waals surface area contributed by atoms with E-state index in [1.54, 1.807) is 0 Å². The van der Waals surface area contributed by atoms with E-state index in [1.807, 2.05) is 114 Å². The number of hydrogen-bond acceptors (Lipinski definition) is 6. The number of hydrogen-bond donors (Lipinski definition) is 1. The van der Waals surface area contributed by atoms with E-state index in [2.05, 4.69) is 0 Å². The van der Waals surface area contributed by atoms with Gasteiger partial charge in [0.2, 0.25) is 0 Å². The Labute approximate surface area is 249 Å². The van der Waals surface area contributed by atoms with Gasteiger partial charge in [-0.15, -0.1) is 0 Å². The molecule has 1 N–H and O–H groups in total. The normalized spacial score (nSPS) is 23.6. The summed E-state index contributed by atoms with van der Waals surface area (Å²) in [5.74, 6) is 0. The number of rotatable bonds is 16. The standard InChI is InChI=1S/C32H38FIO6/c33-27(19-34)17-10-18-37-32-29(35)31(39-22-26-15-8-3-9-16-26)30(38-21-25-13-6-2-7-14-25)28(40-32)23-36-20-24-11-4-1-5-12-24/h1-9,11-16,27-32,35H,10,17-23H2/t27?,28-,29+,30-,31-,32+/m1/s1. The molecule has 0 spiro atoms. The molecule has 4 rings (SSSR count). The second-order valence-electron chi connectivity index (χ2n) is 9.82. The number of aliphatic hydroxyl groups is 1. The van der Waals surface area contributed by atoms with Crippen LogP contribution in [0.1, 0.15) is 29.5 Å². The van der Waals surface area contributed by atoms with Crippen molar-refractivity contribution in [3.63, 3.8) is 0 Å². The lowest BCUT2D eigenvalue weighted by molar-refractivity contribution is -0.319. The molecule has 1 fully saturated rings. The summed E-state index contributed by atoms with van der Waals surface area (Å²) in [6, 6.07) is 29.5. The SMILES string of the molecule is O[C@@H]1[C@@H](OCCCC(F)CI)O[C@H](COCc2ccccc2)[C@@H](OCc2ccccc2)[C@@H]1OCc1ccccc1. The molecule has 0 bridgehead atoms. The maximum atomic E-state index is 13.7. The van der Waals surface area contributed by atoms with E-state index in [9.17, 15) is 9.50 Å².